The Morgan fingerprint density at radius 3 is 2.81 bits per heavy atom. The van der Waals surface area contributed by atoms with Gasteiger partial charge in [-0.3, -0.25) is 9.20 Å². The first-order valence-corrected chi connectivity index (χ1v) is 9.30. The van der Waals surface area contributed by atoms with E-state index in [1.165, 1.54) is 12.1 Å². The minimum Gasteiger partial charge on any atom is -0.329 e. The quantitative estimate of drug-likeness (QED) is 0.694. The van der Waals surface area contributed by atoms with E-state index in [4.69, 9.17) is 0 Å². The second-order valence-corrected chi connectivity index (χ2v) is 7.12. The molecular formula is C20H22FN5O. The summed E-state index contributed by atoms with van der Waals surface area (Å²) in [6, 6.07) is 8.27. The molecule has 3 aromatic rings. The lowest BCUT2D eigenvalue weighted by Crippen LogP contribution is -2.36. The highest BCUT2D eigenvalue weighted by Gasteiger charge is 2.31. The van der Waals surface area contributed by atoms with Crippen molar-refractivity contribution in [1.82, 2.24) is 24.5 Å². The van der Waals surface area contributed by atoms with Gasteiger partial charge in [0.15, 0.2) is 0 Å². The van der Waals surface area contributed by atoms with Crippen molar-refractivity contribution in [2.24, 2.45) is 0 Å². The molecule has 1 fully saturated rings. The van der Waals surface area contributed by atoms with Gasteiger partial charge in [-0.25, -0.2) is 9.37 Å². The Bertz CT molecular complexity index is 999. The Morgan fingerprint density at radius 2 is 2.00 bits per heavy atom. The number of carbonyl (C=O) groups is 1. The summed E-state index contributed by atoms with van der Waals surface area (Å²) in [7, 11) is 0. The molecule has 0 radical (unpaired) electrons. The summed E-state index contributed by atoms with van der Waals surface area (Å²) < 4.78 is 15.5. The van der Waals surface area contributed by atoms with Crippen LogP contribution in [0.4, 0.5) is 4.39 Å². The third kappa shape index (κ3) is 3.29. The molecule has 1 atom stereocenters. The standard InChI is InChI=1S/C20H22FN5O/c1-13-11-14(2)26-18(23-24-20(26)22-13)19(27)25-10-5-3-4-9-17(25)15-7-6-8-16(21)12-15/h6-8,11-12,17H,3-5,9-10H2,1-2H3/t17-/m1/s1. The van der Waals surface area contributed by atoms with Crippen molar-refractivity contribution in [3.05, 3.63) is 58.9 Å². The van der Waals surface area contributed by atoms with Gasteiger partial charge in [-0.15, -0.1) is 10.2 Å². The third-order valence-electron chi connectivity index (χ3n) is 5.13. The van der Waals surface area contributed by atoms with Crippen molar-refractivity contribution in [3.63, 3.8) is 0 Å². The van der Waals surface area contributed by atoms with Gasteiger partial charge in [-0.2, -0.15) is 0 Å². The summed E-state index contributed by atoms with van der Waals surface area (Å²) >= 11 is 0. The normalized spacial score (nSPS) is 17.9. The fourth-order valence-electron chi connectivity index (χ4n) is 3.91. The highest BCUT2D eigenvalue weighted by Crippen LogP contribution is 2.31. The van der Waals surface area contributed by atoms with Gasteiger partial charge in [0.05, 0.1) is 6.04 Å². The van der Waals surface area contributed by atoms with Crippen LogP contribution in [0.15, 0.2) is 30.3 Å². The predicted molar refractivity (Wildman–Crippen MR) is 98.9 cm³/mol. The number of aromatic nitrogens is 4. The van der Waals surface area contributed by atoms with Crippen LogP contribution in [0, 0.1) is 19.7 Å². The Kier molecular flexibility index (Phi) is 4.59. The van der Waals surface area contributed by atoms with Crippen LogP contribution in [0.1, 0.15) is 59.3 Å². The van der Waals surface area contributed by atoms with Gasteiger partial charge in [0.25, 0.3) is 11.7 Å². The number of hydrogen-bond acceptors (Lipinski definition) is 4. The van der Waals surface area contributed by atoms with Gasteiger partial charge in [0.1, 0.15) is 5.82 Å². The van der Waals surface area contributed by atoms with E-state index in [9.17, 15) is 9.18 Å². The van der Waals surface area contributed by atoms with Crippen molar-refractivity contribution in [2.45, 2.75) is 45.6 Å². The molecular weight excluding hydrogens is 345 g/mol. The zero-order valence-corrected chi connectivity index (χ0v) is 15.5. The van der Waals surface area contributed by atoms with Gasteiger partial charge < -0.3 is 4.90 Å². The number of fused-ring (bicyclic) bond motifs is 1. The molecule has 4 rings (SSSR count). The van der Waals surface area contributed by atoms with Crippen molar-refractivity contribution in [3.8, 4) is 0 Å². The lowest BCUT2D eigenvalue weighted by atomic mass is 10.0. The van der Waals surface area contributed by atoms with E-state index in [2.05, 4.69) is 15.2 Å². The Morgan fingerprint density at radius 1 is 1.15 bits per heavy atom. The lowest BCUT2D eigenvalue weighted by Gasteiger charge is -2.30. The number of carbonyl (C=O) groups excluding carboxylic acids is 1. The molecule has 1 amide bonds. The number of nitrogens with zero attached hydrogens (tertiary/aromatic N) is 5. The molecule has 0 saturated carbocycles. The highest BCUT2D eigenvalue weighted by atomic mass is 19.1. The summed E-state index contributed by atoms with van der Waals surface area (Å²) in [6.07, 6.45) is 3.79. The maximum atomic E-state index is 13.8. The number of halogens is 1. The van der Waals surface area contributed by atoms with Gasteiger partial charge in [0.2, 0.25) is 5.82 Å². The second kappa shape index (κ2) is 7.06. The minimum absolute atomic E-state index is 0.165. The van der Waals surface area contributed by atoms with E-state index in [-0.39, 0.29) is 23.6 Å². The number of likely N-dealkylation sites (tertiary alicyclic amines) is 1. The molecule has 27 heavy (non-hydrogen) atoms. The molecule has 0 N–H and O–H groups in total. The maximum Gasteiger partial charge on any atom is 0.292 e. The molecule has 1 aliphatic rings. The summed E-state index contributed by atoms with van der Waals surface area (Å²) in [5.74, 6) is 0.214. The average Bonchev–Trinajstić information content (AvgIpc) is 2.90. The van der Waals surface area contributed by atoms with Crippen molar-refractivity contribution in [1.29, 1.82) is 0 Å². The maximum absolute atomic E-state index is 13.8. The number of rotatable bonds is 2. The second-order valence-electron chi connectivity index (χ2n) is 7.12. The molecule has 6 nitrogen and oxygen atoms in total. The monoisotopic (exact) mass is 367 g/mol. The van der Waals surface area contributed by atoms with E-state index in [1.54, 1.807) is 10.5 Å². The molecule has 0 aliphatic carbocycles. The first kappa shape index (κ1) is 17.6. The van der Waals surface area contributed by atoms with E-state index in [1.807, 2.05) is 30.9 Å². The molecule has 2 aromatic heterocycles. The number of benzene rings is 1. The zero-order valence-electron chi connectivity index (χ0n) is 15.5. The Labute approximate surface area is 157 Å². The largest absolute Gasteiger partial charge is 0.329 e. The highest BCUT2D eigenvalue weighted by molar-refractivity contribution is 5.91. The van der Waals surface area contributed by atoms with Crippen molar-refractivity contribution in [2.75, 3.05) is 6.54 Å². The minimum atomic E-state index is -0.285. The topological polar surface area (TPSA) is 63.4 Å². The number of aryl methyl sites for hydroxylation is 2. The first-order valence-electron chi connectivity index (χ1n) is 9.30. The molecule has 7 heteroatoms. The van der Waals surface area contributed by atoms with Crippen LogP contribution in [0.5, 0.6) is 0 Å². The van der Waals surface area contributed by atoms with Crippen LogP contribution in [0.25, 0.3) is 5.78 Å². The number of amides is 1. The molecule has 3 heterocycles. The van der Waals surface area contributed by atoms with Gasteiger partial charge in [-0.1, -0.05) is 25.0 Å². The Hall–Kier alpha value is -2.83. The molecule has 0 spiro atoms. The van der Waals surface area contributed by atoms with Crippen LogP contribution < -0.4 is 0 Å². The van der Waals surface area contributed by atoms with E-state index in [0.717, 1.165) is 42.6 Å². The van der Waals surface area contributed by atoms with E-state index in [0.29, 0.717) is 12.3 Å². The zero-order chi connectivity index (χ0) is 19.0. The molecule has 0 unspecified atom stereocenters. The van der Waals surface area contributed by atoms with Crippen LogP contribution in [-0.4, -0.2) is 36.9 Å². The summed E-state index contributed by atoms with van der Waals surface area (Å²) in [5.41, 5.74) is 2.52. The fourth-order valence-corrected chi connectivity index (χ4v) is 3.91. The predicted octanol–water partition coefficient (Wildman–Crippen LogP) is 3.64. The van der Waals surface area contributed by atoms with Gasteiger partial charge in [-0.05, 0) is 50.5 Å². The molecule has 140 valence electrons. The summed E-state index contributed by atoms with van der Waals surface area (Å²) in [6.45, 7) is 4.42. The van der Waals surface area contributed by atoms with E-state index < -0.39 is 0 Å². The molecule has 0 bridgehead atoms. The van der Waals surface area contributed by atoms with Crippen LogP contribution in [0.3, 0.4) is 0 Å². The molecule has 1 saturated heterocycles. The van der Waals surface area contributed by atoms with Crippen LogP contribution >= 0.6 is 0 Å². The fraction of sp³-hybridized carbons (Fsp3) is 0.400. The van der Waals surface area contributed by atoms with Crippen molar-refractivity contribution < 1.29 is 9.18 Å². The van der Waals surface area contributed by atoms with Crippen LogP contribution in [-0.2, 0) is 0 Å². The Balaban J connectivity index is 1.76. The first-order chi connectivity index (χ1) is 13.0. The van der Waals surface area contributed by atoms with Gasteiger partial charge in [0, 0.05) is 17.9 Å². The van der Waals surface area contributed by atoms with Crippen LogP contribution in [0.2, 0.25) is 0 Å². The van der Waals surface area contributed by atoms with Gasteiger partial charge >= 0.3 is 0 Å². The average molecular weight is 367 g/mol. The summed E-state index contributed by atoms with van der Waals surface area (Å²) in [4.78, 5) is 19.6. The number of hydrogen-bond donors (Lipinski definition) is 0. The van der Waals surface area contributed by atoms with E-state index >= 15 is 0 Å². The summed E-state index contributed by atoms with van der Waals surface area (Å²) in [5, 5.41) is 8.22. The molecule has 1 aromatic carbocycles. The smallest absolute Gasteiger partial charge is 0.292 e. The lowest BCUT2D eigenvalue weighted by molar-refractivity contribution is 0.0666. The SMILES string of the molecule is Cc1cc(C)n2c(C(=O)N3CCCCC[C@@H]3c3cccc(F)c3)nnc2n1. The third-order valence-corrected chi connectivity index (χ3v) is 5.13. The molecule has 1 aliphatic heterocycles. The van der Waals surface area contributed by atoms with Crippen molar-refractivity contribution >= 4 is 11.7 Å².